The van der Waals surface area contributed by atoms with Gasteiger partial charge in [0.15, 0.2) is 0 Å². The first-order valence-corrected chi connectivity index (χ1v) is 16.1. The van der Waals surface area contributed by atoms with E-state index in [0.717, 1.165) is 84.2 Å². The molecule has 1 N–H and O–H groups in total. The van der Waals surface area contributed by atoms with Crippen LogP contribution in [0.15, 0.2) is 66.7 Å². The van der Waals surface area contributed by atoms with Gasteiger partial charge in [0, 0.05) is 31.7 Å². The normalized spacial score (nSPS) is 14.0. The number of carbonyl (C=O) groups excluding carboxylic acids is 2. The Morgan fingerprint density at radius 1 is 1.00 bits per heavy atom. The van der Waals surface area contributed by atoms with Gasteiger partial charge in [-0.05, 0) is 81.0 Å². The van der Waals surface area contributed by atoms with Crippen LogP contribution in [0.25, 0.3) is 22.2 Å². The maximum Gasteiger partial charge on any atom is 0.339 e. The average Bonchev–Trinajstić information content (AvgIpc) is 3.36. The second-order valence-electron chi connectivity index (χ2n) is 12.9. The minimum atomic E-state index is -0.565. The van der Waals surface area contributed by atoms with Gasteiger partial charge < -0.3 is 14.6 Å². The molecule has 1 aliphatic rings. The third kappa shape index (κ3) is 7.15. The van der Waals surface area contributed by atoms with Gasteiger partial charge in [-0.25, -0.2) is 14.6 Å². The zero-order chi connectivity index (χ0) is 31.3. The first-order valence-electron chi connectivity index (χ1n) is 16.1. The topological polar surface area (TPSA) is 76.5 Å². The van der Waals surface area contributed by atoms with E-state index < -0.39 is 5.60 Å². The van der Waals surface area contributed by atoms with Crippen molar-refractivity contribution in [2.24, 2.45) is 0 Å². The van der Waals surface area contributed by atoms with Gasteiger partial charge in [-0.2, -0.15) is 0 Å². The molecule has 4 aromatic rings. The Balaban J connectivity index is 1.48. The quantitative estimate of drug-likeness (QED) is 0.197. The summed E-state index contributed by atoms with van der Waals surface area (Å²) in [6.07, 6.45) is 8.62. The number of rotatable bonds is 9. The standard InChI is InChI=1S/C37H46N4O3/c1-6-7-17-34-39-32-23-22-29(41(36(43)38-5)28-13-9-8-10-14-28)24-33(32)40(34)25-26-18-20-27(21-19-26)30-15-11-12-16-31(30)35(42)44-37(2,3)4/h11-12,15-16,18-24,28H,6-10,13-14,17,25H2,1-5H3,(H,38,43). The lowest BCUT2D eigenvalue weighted by Crippen LogP contribution is -2.46. The lowest BCUT2D eigenvalue weighted by atomic mass is 9.94. The first kappa shape index (κ1) is 31.3. The molecule has 232 valence electrons. The molecule has 1 aliphatic carbocycles. The summed E-state index contributed by atoms with van der Waals surface area (Å²) in [5, 5.41) is 2.87. The van der Waals surface area contributed by atoms with Gasteiger partial charge in [0.1, 0.15) is 11.4 Å². The number of carbonyl (C=O) groups is 2. The molecular weight excluding hydrogens is 548 g/mol. The highest BCUT2D eigenvalue weighted by Crippen LogP contribution is 2.32. The van der Waals surface area contributed by atoms with Gasteiger partial charge >= 0.3 is 12.0 Å². The van der Waals surface area contributed by atoms with Crippen LogP contribution in [0.5, 0.6) is 0 Å². The van der Waals surface area contributed by atoms with E-state index >= 15 is 0 Å². The molecule has 3 aromatic carbocycles. The fourth-order valence-corrected chi connectivity index (χ4v) is 6.18. The predicted molar refractivity (Wildman–Crippen MR) is 178 cm³/mol. The maximum absolute atomic E-state index is 13.1. The van der Waals surface area contributed by atoms with Gasteiger partial charge in [0.2, 0.25) is 0 Å². The highest BCUT2D eigenvalue weighted by molar-refractivity contribution is 5.97. The van der Waals surface area contributed by atoms with E-state index in [4.69, 9.17) is 9.72 Å². The number of unbranched alkanes of at least 4 members (excludes halogenated alkanes) is 1. The Kier molecular flexibility index (Phi) is 9.72. The van der Waals surface area contributed by atoms with Crippen molar-refractivity contribution >= 4 is 28.7 Å². The largest absolute Gasteiger partial charge is 0.456 e. The van der Waals surface area contributed by atoms with Crippen LogP contribution in [-0.2, 0) is 17.7 Å². The number of nitrogens with zero attached hydrogens (tertiary/aromatic N) is 3. The first-order chi connectivity index (χ1) is 21.2. The van der Waals surface area contributed by atoms with Crippen molar-refractivity contribution in [3.8, 4) is 11.1 Å². The maximum atomic E-state index is 13.1. The zero-order valence-corrected chi connectivity index (χ0v) is 26.9. The third-order valence-electron chi connectivity index (χ3n) is 8.37. The molecule has 0 radical (unpaired) electrons. The van der Waals surface area contributed by atoms with E-state index in [1.165, 1.54) is 6.42 Å². The number of imidazole rings is 1. The molecule has 1 saturated carbocycles. The number of hydrogen-bond acceptors (Lipinski definition) is 4. The molecule has 0 bridgehead atoms. The van der Waals surface area contributed by atoms with Gasteiger partial charge in [0.25, 0.3) is 0 Å². The van der Waals surface area contributed by atoms with Gasteiger partial charge in [-0.3, -0.25) is 4.90 Å². The molecular formula is C37H46N4O3. The number of aryl methyl sites for hydroxylation is 1. The van der Waals surface area contributed by atoms with E-state index in [0.29, 0.717) is 12.1 Å². The number of nitrogens with one attached hydrogen (secondary N) is 1. The summed E-state index contributed by atoms with van der Waals surface area (Å²) < 4.78 is 7.98. The second-order valence-corrected chi connectivity index (χ2v) is 12.9. The lowest BCUT2D eigenvalue weighted by molar-refractivity contribution is 0.00704. The Bertz CT molecular complexity index is 1590. The van der Waals surface area contributed by atoms with Crippen molar-refractivity contribution in [3.05, 3.63) is 83.7 Å². The lowest BCUT2D eigenvalue weighted by Gasteiger charge is -2.34. The fraction of sp³-hybridized carbons (Fsp3) is 0.432. The van der Waals surface area contributed by atoms with Crippen LogP contribution in [0.3, 0.4) is 0 Å². The van der Waals surface area contributed by atoms with Crippen molar-refractivity contribution in [2.75, 3.05) is 11.9 Å². The third-order valence-corrected chi connectivity index (χ3v) is 8.37. The SMILES string of the molecule is CCCCc1nc2ccc(N(C(=O)NC)C3CCCCC3)cc2n1Cc1ccc(-c2ccccc2C(=O)OC(C)(C)C)cc1. The molecule has 7 heteroatoms. The number of ether oxygens (including phenoxy) is 1. The van der Waals surface area contributed by atoms with Crippen LogP contribution in [0, 0.1) is 0 Å². The smallest absolute Gasteiger partial charge is 0.339 e. The number of urea groups is 1. The molecule has 0 saturated heterocycles. The van der Waals surface area contributed by atoms with Crippen molar-refractivity contribution in [2.45, 2.75) is 97.2 Å². The number of benzene rings is 3. The van der Waals surface area contributed by atoms with Gasteiger partial charge in [-0.1, -0.05) is 75.1 Å². The number of fused-ring (bicyclic) bond motifs is 1. The predicted octanol–water partition coefficient (Wildman–Crippen LogP) is 8.53. The Hall–Kier alpha value is -4.13. The van der Waals surface area contributed by atoms with Crippen LogP contribution < -0.4 is 10.2 Å². The summed E-state index contributed by atoms with van der Waals surface area (Å²) in [5.41, 5.74) is 5.86. The summed E-state index contributed by atoms with van der Waals surface area (Å²) in [6, 6.07) is 22.4. The molecule has 1 heterocycles. The van der Waals surface area contributed by atoms with Crippen LogP contribution in [-0.4, -0.2) is 40.2 Å². The fourth-order valence-electron chi connectivity index (χ4n) is 6.18. The molecule has 0 spiro atoms. The van der Waals surface area contributed by atoms with E-state index in [9.17, 15) is 9.59 Å². The van der Waals surface area contributed by atoms with Gasteiger partial charge in [-0.15, -0.1) is 0 Å². The molecule has 44 heavy (non-hydrogen) atoms. The van der Waals surface area contributed by atoms with Crippen LogP contribution in [0.4, 0.5) is 10.5 Å². The summed E-state index contributed by atoms with van der Waals surface area (Å²) in [5.74, 6) is 0.736. The summed E-state index contributed by atoms with van der Waals surface area (Å²) >= 11 is 0. The minimum Gasteiger partial charge on any atom is -0.456 e. The molecule has 1 fully saturated rings. The summed E-state index contributed by atoms with van der Waals surface area (Å²) in [4.78, 5) is 33.1. The molecule has 0 unspecified atom stereocenters. The molecule has 1 aromatic heterocycles. The number of hydrogen-bond donors (Lipinski definition) is 1. The second kappa shape index (κ2) is 13.7. The van der Waals surface area contributed by atoms with Crippen LogP contribution in [0.1, 0.15) is 94.4 Å². The molecule has 5 rings (SSSR count). The Morgan fingerprint density at radius 2 is 1.73 bits per heavy atom. The Morgan fingerprint density at radius 3 is 2.41 bits per heavy atom. The highest BCUT2D eigenvalue weighted by atomic mass is 16.6. The zero-order valence-electron chi connectivity index (χ0n) is 26.9. The van der Waals surface area contributed by atoms with E-state index in [2.05, 4.69) is 53.2 Å². The van der Waals surface area contributed by atoms with Crippen molar-refractivity contribution in [1.82, 2.24) is 14.9 Å². The van der Waals surface area contributed by atoms with E-state index in [1.807, 2.05) is 56.0 Å². The number of amides is 2. The summed E-state index contributed by atoms with van der Waals surface area (Å²) in [7, 11) is 1.71. The van der Waals surface area contributed by atoms with Crippen LogP contribution >= 0.6 is 0 Å². The number of esters is 1. The highest BCUT2D eigenvalue weighted by Gasteiger charge is 2.27. The average molecular weight is 595 g/mol. The van der Waals surface area contributed by atoms with Crippen LogP contribution in [0.2, 0.25) is 0 Å². The van der Waals surface area contributed by atoms with E-state index in [-0.39, 0.29) is 18.0 Å². The van der Waals surface area contributed by atoms with Crippen molar-refractivity contribution in [1.29, 1.82) is 0 Å². The number of anilines is 1. The van der Waals surface area contributed by atoms with Gasteiger partial charge in [0.05, 0.1) is 16.6 Å². The Labute approximate surface area is 261 Å². The number of aromatic nitrogens is 2. The molecule has 0 atom stereocenters. The summed E-state index contributed by atoms with van der Waals surface area (Å²) in [6.45, 7) is 8.50. The molecule has 2 amide bonds. The van der Waals surface area contributed by atoms with Crippen molar-refractivity contribution in [3.63, 3.8) is 0 Å². The van der Waals surface area contributed by atoms with Crippen molar-refractivity contribution < 1.29 is 14.3 Å². The van der Waals surface area contributed by atoms with E-state index in [1.54, 1.807) is 7.05 Å². The minimum absolute atomic E-state index is 0.0595. The molecule has 7 nitrogen and oxygen atoms in total. The monoisotopic (exact) mass is 594 g/mol. The molecule has 0 aliphatic heterocycles.